The van der Waals surface area contributed by atoms with Gasteiger partial charge in [-0.25, -0.2) is 9.97 Å². The number of aryl methyl sites for hydroxylation is 2. The molecule has 1 aliphatic heterocycles. The summed E-state index contributed by atoms with van der Waals surface area (Å²) in [4.78, 5) is 30.4. The third kappa shape index (κ3) is 6.79. The van der Waals surface area contributed by atoms with Crippen LogP contribution < -0.4 is 15.0 Å². The smallest absolute Gasteiger partial charge is 0.406 e. The number of benzene rings is 1. The number of β-amino-alcohol motifs (C(OH)–C–C–N with tert-alkyl or cyclic N) is 1. The van der Waals surface area contributed by atoms with Gasteiger partial charge in [0.05, 0.1) is 24.2 Å². The highest BCUT2D eigenvalue weighted by molar-refractivity contribution is 5.93. The van der Waals surface area contributed by atoms with Crippen molar-refractivity contribution in [1.29, 1.82) is 0 Å². The van der Waals surface area contributed by atoms with Gasteiger partial charge in [0.25, 0.3) is 0 Å². The maximum atomic E-state index is 12.4. The lowest BCUT2D eigenvalue weighted by Crippen LogP contribution is -2.47. The number of carbonyl (C=O) groups is 1. The maximum Gasteiger partial charge on any atom is 0.573 e. The molecule has 3 aromatic rings. The Bertz CT molecular complexity index is 1200. The number of piperazine rings is 1. The minimum atomic E-state index is -4.74. The van der Waals surface area contributed by atoms with E-state index in [0.717, 1.165) is 37.3 Å². The van der Waals surface area contributed by atoms with Crippen molar-refractivity contribution in [3.63, 3.8) is 0 Å². The quantitative estimate of drug-likeness (QED) is 0.483. The van der Waals surface area contributed by atoms with Crippen molar-refractivity contribution in [1.82, 2.24) is 19.9 Å². The Kier molecular flexibility index (Phi) is 7.85. The van der Waals surface area contributed by atoms with E-state index in [1.54, 1.807) is 12.3 Å². The molecule has 9 nitrogen and oxygen atoms in total. The molecule has 4 rings (SSSR count). The Labute approximate surface area is 205 Å². The number of rotatable bonds is 8. The van der Waals surface area contributed by atoms with Crippen LogP contribution in [0.3, 0.4) is 0 Å². The van der Waals surface area contributed by atoms with Gasteiger partial charge in [0.15, 0.2) is 5.65 Å². The molecular formula is C24H27F3N6O3. The second kappa shape index (κ2) is 11.0. The first-order valence-corrected chi connectivity index (χ1v) is 11.6. The molecule has 0 spiro atoms. The van der Waals surface area contributed by atoms with E-state index in [1.807, 2.05) is 6.92 Å². The SMILES string of the molecule is Cc1nc(N2CCN(CCO)CC2)nc2ncc(NC(=O)CCc3ccc(OC(F)(F)F)cc3)cc12. The van der Waals surface area contributed by atoms with Crippen molar-refractivity contribution >= 4 is 28.6 Å². The summed E-state index contributed by atoms with van der Waals surface area (Å²) in [6.07, 6.45) is -2.69. The van der Waals surface area contributed by atoms with Crippen LogP contribution in [0.5, 0.6) is 5.75 Å². The number of hydrogen-bond donors (Lipinski definition) is 2. The molecule has 1 amide bonds. The third-order valence-corrected chi connectivity index (χ3v) is 5.88. The molecule has 2 aromatic heterocycles. The lowest BCUT2D eigenvalue weighted by atomic mass is 10.1. The number of halogens is 3. The van der Waals surface area contributed by atoms with E-state index in [1.165, 1.54) is 24.3 Å². The predicted octanol–water partition coefficient (Wildman–Crippen LogP) is 2.92. The number of aliphatic hydroxyl groups excluding tert-OH is 1. The van der Waals surface area contributed by atoms with Gasteiger partial charge in [-0.2, -0.15) is 4.98 Å². The van der Waals surface area contributed by atoms with Crippen LogP contribution in [-0.2, 0) is 11.2 Å². The zero-order valence-electron chi connectivity index (χ0n) is 19.8. The Balaban J connectivity index is 1.35. The van der Waals surface area contributed by atoms with Gasteiger partial charge in [-0.15, -0.1) is 13.2 Å². The highest BCUT2D eigenvalue weighted by Crippen LogP contribution is 2.24. The number of nitrogens with zero attached hydrogens (tertiary/aromatic N) is 5. The topological polar surface area (TPSA) is 104 Å². The lowest BCUT2D eigenvalue weighted by Gasteiger charge is -2.34. The largest absolute Gasteiger partial charge is 0.573 e. The zero-order valence-corrected chi connectivity index (χ0v) is 19.8. The fourth-order valence-corrected chi connectivity index (χ4v) is 4.00. The second-order valence-electron chi connectivity index (χ2n) is 8.50. The van der Waals surface area contributed by atoms with Crippen LogP contribution in [0.15, 0.2) is 36.5 Å². The number of carbonyl (C=O) groups excluding carboxylic acids is 1. The minimum Gasteiger partial charge on any atom is -0.406 e. The number of hydrogen-bond acceptors (Lipinski definition) is 8. The molecule has 0 bridgehead atoms. The second-order valence-corrected chi connectivity index (χ2v) is 8.50. The normalized spacial score (nSPS) is 14.8. The maximum absolute atomic E-state index is 12.4. The number of pyridine rings is 1. The summed E-state index contributed by atoms with van der Waals surface area (Å²) < 4.78 is 40.7. The van der Waals surface area contributed by atoms with E-state index < -0.39 is 6.36 Å². The third-order valence-electron chi connectivity index (χ3n) is 5.88. The highest BCUT2D eigenvalue weighted by atomic mass is 19.4. The van der Waals surface area contributed by atoms with Crippen LogP contribution in [-0.4, -0.2) is 76.6 Å². The average Bonchev–Trinajstić information content (AvgIpc) is 2.84. The first kappa shape index (κ1) is 25.6. The van der Waals surface area contributed by atoms with Crippen molar-refractivity contribution < 1.29 is 27.8 Å². The van der Waals surface area contributed by atoms with Crippen molar-refractivity contribution in [2.24, 2.45) is 0 Å². The molecule has 0 atom stereocenters. The van der Waals surface area contributed by atoms with Crippen LogP contribution in [0.25, 0.3) is 11.0 Å². The van der Waals surface area contributed by atoms with Crippen molar-refractivity contribution in [3.05, 3.63) is 47.8 Å². The van der Waals surface area contributed by atoms with Crippen LogP contribution in [0.1, 0.15) is 17.7 Å². The lowest BCUT2D eigenvalue weighted by molar-refractivity contribution is -0.274. The van der Waals surface area contributed by atoms with Crippen molar-refractivity contribution in [2.75, 3.05) is 49.5 Å². The molecule has 192 valence electrons. The summed E-state index contributed by atoms with van der Waals surface area (Å²) in [7, 11) is 0. The van der Waals surface area contributed by atoms with Gasteiger partial charge in [-0.05, 0) is 37.1 Å². The summed E-state index contributed by atoms with van der Waals surface area (Å²) >= 11 is 0. The van der Waals surface area contributed by atoms with Crippen LogP contribution >= 0.6 is 0 Å². The fraction of sp³-hybridized carbons (Fsp3) is 0.417. The van der Waals surface area contributed by atoms with Gasteiger partial charge < -0.3 is 20.1 Å². The van der Waals surface area contributed by atoms with Crippen LogP contribution in [0.4, 0.5) is 24.8 Å². The van der Waals surface area contributed by atoms with E-state index >= 15 is 0 Å². The van der Waals surface area contributed by atoms with Crippen LogP contribution in [0, 0.1) is 6.92 Å². The summed E-state index contributed by atoms with van der Waals surface area (Å²) in [5.41, 5.74) is 2.51. The van der Waals surface area contributed by atoms with E-state index in [2.05, 4.69) is 34.8 Å². The minimum absolute atomic E-state index is 0.141. The first-order valence-electron chi connectivity index (χ1n) is 11.6. The number of anilines is 2. The molecule has 0 unspecified atom stereocenters. The molecule has 1 saturated heterocycles. The fourth-order valence-electron chi connectivity index (χ4n) is 4.00. The highest BCUT2D eigenvalue weighted by Gasteiger charge is 2.31. The number of aromatic nitrogens is 3. The number of alkyl halides is 3. The molecule has 3 heterocycles. The molecule has 1 fully saturated rings. The first-order chi connectivity index (χ1) is 17.2. The predicted molar refractivity (Wildman–Crippen MR) is 128 cm³/mol. The summed E-state index contributed by atoms with van der Waals surface area (Å²) in [5, 5.41) is 12.6. The molecule has 1 aliphatic rings. The van der Waals surface area contributed by atoms with E-state index in [0.29, 0.717) is 35.8 Å². The summed E-state index contributed by atoms with van der Waals surface area (Å²) in [5.74, 6) is 0.0601. The van der Waals surface area contributed by atoms with E-state index in [9.17, 15) is 18.0 Å². The van der Waals surface area contributed by atoms with E-state index in [4.69, 9.17) is 5.11 Å². The number of amides is 1. The number of ether oxygens (including phenoxy) is 1. The Morgan fingerprint density at radius 2 is 1.86 bits per heavy atom. The van der Waals surface area contributed by atoms with Crippen molar-refractivity contribution in [2.45, 2.75) is 26.1 Å². The number of aliphatic hydroxyl groups is 1. The van der Waals surface area contributed by atoms with Crippen molar-refractivity contribution in [3.8, 4) is 5.75 Å². The van der Waals surface area contributed by atoms with Gasteiger partial charge in [-0.1, -0.05) is 12.1 Å². The van der Waals surface area contributed by atoms with Gasteiger partial charge in [-0.3, -0.25) is 9.69 Å². The molecular weight excluding hydrogens is 477 g/mol. The molecule has 0 aliphatic carbocycles. The molecule has 0 saturated carbocycles. The molecule has 1 aromatic carbocycles. The standard InChI is InChI=1S/C24H27F3N6O3/c1-16-20-14-18(30-21(35)7-4-17-2-5-19(6-3-17)36-24(25,26)27)15-28-22(20)31-23(29-16)33-10-8-32(9-11-33)12-13-34/h2-3,5-6,14-15,34H,4,7-13H2,1H3,(H,30,35). The Hall–Kier alpha value is -3.51. The summed E-state index contributed by atoms with van der Waals surface area (Å²) in [6.45, 7) is 5.84. The average molecular weight is 505 g/mol. The Morgan fingerprint density at radius 3 is 2.53 bits per heavy atom. The molecule has 36 heavy (non-hydrogen) atoms. The number of nitrogens with one attached hydrogen (secondary N) is 1. The van der Waals surface area contributed by atoms with Gasteiger partial charge in [0.2, 0.25) is 11.9 Å². The van der Waals surface area contributed by atoms with Gasteiger partial charge in [0.1, 0.15) is 5.75 Å². The van der Waals surface area contributed by atoms with Gasteiger partial charge >= 0.3 is 6.36 Å². The molecule has 12 heteroatoms. The molecule has 0 radical (unpaired) electrons. The molecule has 2 N–H and O–H groups in total. The Morgan fingerprint density at radius 1 is 1.14 bits per heavy atom. The van der Waals surface area contributed by atoms with E-state index in [-0.39, 0.29) is 24.7 Å². The number of fused-ring (bicyclic) bond motifs is 1. The monoisotopic (exact) mass is 504 g/mol. The summed E-state index contributed by atoms with van der Waals surface area (Å²) in [6, 6.07) is 7.22. The van der Waals surface area contributed by atoms with Gasteiger partial charge in [0, 0.05) is 44.5 Å². The van der Waals surface area contributed by atoms with Crippen LogP contribution in [0.2, 0.25) is 0 Å². The zero-order chi connectivity index (χ0) is 25.7.